The summed E-state index contributed by atoms with van der Waals surface area (Å²) < 4.78 is 0. The largest absolute Gasteiger partial charge is 0.354 e. The number of nitrogens with zero attached hydrogens (tertiary/aromatic N) is 4. The van der Waals surface area contributed by atoms with E-state index in [1.54, 1.807) is 6.20 Å². The molecule has 96 valence electrons. The van der Waals surface area contributed by atoms with Gasteiger partial charge in [0.1, 0.15) is 11.9 Å². The summed E-state index contributed by atoms with van der Waals surface area (Å²) in [5.41, 5.74) is 0.782. The molecule has 2 fully saturated rings. The summed E-state index contributed by atoms with van der Waals surface area (Å²) in [6.45, 7) is 4.49. The average molecular weight is 252 g/mol. The maximum atomic E-state index is 8.93. The van der Waals surface area contributed by atoms with Crippen molar-refractivity contribution in [1.29, 1.82) is 5.26 Å². The van der Waals surface area contributed by atoms with Crippen molar-refractivity contribution in [2.45, 2.75) is 13.3 Å². The third-order valence-electron chi connectivity index (χ3n) is 5.34. The van der Waals surface area contributed by atoms with Gasteiger partial charge in [-0.2, -0.15) is 5.26 Å². The molecule has 0 aromatic carbocycles. The molecule has 2 heterocycles. The Morgan fingerprint density at radius 1 is 1.42 bits per heavy atom. The van der Waals surface area contributed by atoms with Crippen LogP contribution >= 0.6 is 0 Å². The first-order valence-corrected chi connectivity index (χ1v) is 6.86. The molecule has 2 bridgehead atoms. The minimum Gasteiger partial charge on any atom is -0.354 e. The molecule has 0 unspecified atom stereocenters. The maximum Gasteiger partial charge on any atom is 0.161 e. The van der Waals surface area contributed by atoms with Crippen molar-refractivity contribution in [2.75, 3.05) is 18.0 Å². The normalized spacial score (nSPS) is 38.5. The fourth-order valence-corrected chi connectivity index (χ4v) is 4.31. The van der Waals surface area contributed by atoms with E-state index in [1.165, 1.54) is 12.6 Å². The summed E-state index contributed by atoms with van der Waals surface area (Å²) in [5, 5.41) is 8.93. The van der Waals surface area contributed by atoms with Crippen LogP contribution in [0.5, 0.6) is 0 Å². The Morgan fingerprint density at radius 3 is 3.11 bits per heavy atom. The molecule has 0 spiro atoms. The van der Waals surface area contributed by atoms with Gasteiger partial charge in [0.15, 0.2) is 5.69 Å². The van der Waals surface area contributed by atoms with Crippen molar-refractivity contribution >= 4 is 5.82 Å². The van der Waals surface area contributed by atoms with Gasteiger partial charge < -0.3 is 4.90 Å². The first kappa shape index (κ1) is 11.0. The van der Waals surface area contributed by atoms with Crippen LogP contribution in [0.1, 0.15) is 19.0 Å². The van der Waals surface area contributed by atoms with E-state index < -0.39 is 0 Å². The lowest BCUT2D eigenvalue weighted by Crippen LogP contribution is -2.31. The van der Waals surface area contributed by atoms with E-state index >= 15 is 0 Å². The maximum absolute atomic E-state index is 8.93. The van der Waals surface area contributed by atoms with Crippen LogP contribution in [0.25, 0.3) is 0 Å². The Hall–Kier alpha value is -1.89. The van der Waals surface area contributed by atoms with Gasteiger partial charge in [0.25, 0.3) is 0 Å². The molecule has 4 nitrogen and oxygen atoms in total. The Morgan fingerprint density at radius 2 is 2.32 bits per heavy atom. The lowest BCUT2D eigenvalue weighted by Gasteiger charge is -2.31. The van der Waals surface area contributed by atoms with Crippen molar-refractivity contribution in [3.8, 4) is 6.07 Å². The van der Waals surface area contributed by atoms with E-state index in [2.05, 4.69) is 40.0 Å². The Kier molecular flexibility index (Phi) is 2.06. The van der Waals surface area contributed by atoms with E-state index in [1.807, 2.05) is 0 Å². The second-order valence-electron chi connectivity index (χ2n) is 6.26. The van der Waals surface area contributed by atoms with Crippen molar-refractivity contribution in [2.24, 2.45) is 23.2 Å². The number of fused-ring (bicyclic) bond motifs is 5. The van der Waals surface area contributed by atoms with Gasteiger partial charge in [-0.25, -0.2) is 4.98 Å². The highest BCUT2D eigenvalue weighted by molar-refractivity contribution is 5.43. The third-order valence-corrected chi connectivity index (χ3v) is 5.34. The van der Waals surface area contributed by atoms with E-state index in [4.69, 9.17) is 5.26 Å². The monoisotopic (exact) mass is 252 g/mol. The minimum atomic E-state index is 0.379. The summed E-state index contributed by atoms with van der Waals surface area (Å²) in [5.74, 6) is 3.05. The number of anilines is 1. The number of allylic oxidation sites excluding steroid dienone is 2. The van der Waals surface area contributed by atoms with Gasteiger partial charge in [0, 0.05) is 13.1 Å². The molecule has 4 heteroatoms. The quantitative estimate of drug-likeness (QED) is 0.717. The van der Waals surface area contributed by atoms with Gasteiger partial charge >= 0.3 is 0 Å². The average Bonchev–Trinajstić information content (AvgIpc) is 3.09. The molecule has 0 N–H and O–H groups in total. The summed E-state index contributed by atoms with van der Waals surface area (Å²) in [7, 11) is 0. The number of nitriles is 1. The molecular weight excluding hydrogens is 236 g/mol. The second-order valence-corrected chi connectivity index (χ2v) is 6.26. The highest BCUT2D eigenvalue weighted by Crippen LogP contribution is 2.59. The standard InChI is InChI=1S/C15H16N4/c1-15-9-19(14-7-17-6-12(5-16)18-14)8-13(15)10-2-3-11(15)4-10/h2-3,6-7,10-11,13H,4,8-9H2,1H3/t10-,11+,13+,15+/m1/s1. The second kappa shape index (κ2) is 3.57. The molecule has 3 aliphatic rings. The molecule has 4 rings (SSSR count). The van der Waals surface area contributed by atoms with Crippen LogP contribution in [-0.2, 0) is 0 Å². The minimum absolute atomic E-state index is 0.379. The number of hydrogen-bond donors (Lipinski definition) is 0. The lowest BCUT2D eigenvalue weighted by atomic mass is 9.72. The molecule has 19 heavy (non-hydrogen) atoms. The summed E-state index contributed by atoms with van der Waals surface area (Å²) in [6.07, 6.45) is 9.44. The Labute approximate surface area is 112 Å². The predicted molar refractivity (Wildman–Crippen MR) is 71.3 cm³/mol. The number of hydrogen-bond acceptors (Lipinski definition) is 4. The van der Waals surface area contributed by atoms with Gasteiger partial charge in [0.05, 0.1) is 12.4 Å². The Balaban J connectivity index is 1.65. The molecule has 1 aromatic rings. The highest BCUT2D eigenvalue weighted by atomic mass is 15.2. The topological polar surface area (TPSA) is 52.8 Å². The third kappa shape index (κ3) is 1.39. The van der Waals surface area contributed by atoms with E-state index in [9.17, 15) is 0 Å². The SMILES string of the molecule is C[C@@]12CN(c3cncc(C#N)n3)C[C@H]1[C@@H]1C=C[C@H]2C1. The molecule has 1 saturated heterocycles. The Bertz CT molecular complexity index is 602. The van der Waals surface area contributed by atoms with Gasteiger partial charge in [-0.1, -0.05) is 19.1 Å². The molecule has 1 saturated carbocycles. The number of aromatic nitrogens is 2. The predicted octanol–water partition coefficient (Wildman–Crippen LogP) is 2.00. The molecule has 4 atom stereocenters. The lowest BCUT2D eigenvalue weighted by molar-refractivity contribution is 0.233. The molecule has 1 aliphatic heterocycles. The van der Waals surface area contributed by atoms with Crippen LogP contribution in [0.3, 0.4) is 0 Å². The summed E-state index contributed by atoms with van der Waals surface area (Å²) in [4.78, 5) is 10.8. The zero-order valence-electron chi connectivity index (χ0n) is 11.0. The van der Waals surface area contributed by atoms with Gasteiger partial charge in [-0.05, 0) is 29.6 Å². The smallest absolute Gasteiger partial charge is 0.161 e. The highest BCUT2D eigenvalue weighted by Gasteiger charge is 2.57. The zero-order valence-corrected chi connectivity index (χ0v) is 11.0. The summed E-state index contributed by atoms with van der Waals surface area (Å²) >= 11 is 0. The summed E-state index contributed by atoms with van der Waals surface area (Å²) in [6, 6.07) is 2.07. The van der Waals surface area contributed by atoms with Crippen molar-refractivity contribution in [3.63, 3.8) is 0 Å². The fraction of sp³-hybridized carbons (Fsp3) is 0.533. The van der Waals surface area contributed by atoms with Crippen LogP contribution in [0, 0.1) is 34.5 Å². The molecule has 0 amide bonds. The fourth-order valence-electron chi connectivity index (χ4n) is 4.31. The van der Waals surface area contributed by atoms with Gasteiger partial charge in [0.2, 0.25) is 0 Å². The molecule has 2 aliphatic carbocycles. The molecular formula is C15H16N4. The van der Waals surface area contributed by atoms with Gasteiger partial charge in [-0.3, -0.25) is 4.98 Å². The van der Waals surface area contributed by atoms with Crippen LogP contribution < -0.4 is 4.90 Å². The molecule has 1 aromatic heterocycles. The first-order chi connectivity index (χ1) is 9.20. The van der Waals surface area contributed by atoms with E-state index in [-0.39, 0.29) is 0 Å². The van der Waals surface area contributed by atoms with Crippen molar-refractivity contribution in [3.05, 3.63) is 30.2 Å². The number of rotatable bonds is 1. The van der Waals surface area contributed by atoms with Crippen LogP contribution in [0.15, 0.2) is 24.5 Å². The van der Waals surface area contributed by atoms with Crippen LogP contribution in [-0.4, -0.2) is 23.1 Å². The van der Waals surface area contributed by atoms with Crippen LogP contribution in [0.2, 0.25) is 0 Å². The van der Waals surface area contributed by atoms with Crippen LogP contribution in [0.4, 0.5) is 5.82 Å². The first-order valence-electron chi connectivity index (χ1n) is 6.86. The van der Waals surface area contributed by atoms with E-state index in [0.717, 1.165) is 36.7 Å². The zero-order chi connectivity index (χ0) is 13.0. The molecule has 0 radical (unpaired) electrons. The van der Waals surface area contributed by atoms with Crippen molar-refractivity contribution in [1.82, 2.24) is 9.97 Å². The van der Waals surface area contributed by atoms with Crippen molar-refractivity contribution < 1.29 is 0 Å². The van der Waals surface area contributed by atoms with E-state index in [0.29, 0.717) is 11.1 Å². The van der Waals surface area contributed by atoms with Gasteiger partial charge in [-0.15, -0.1) is 0 Å².